The van der Waals surface area contributed by atoms with E-state index in [0.717, 1.165) is 27.8 Å². The van der Waals surface area contributed by atoms with Crippen LogP contribution < -0.4 is 3.58 Å². The van der Waals surface area contributed by atoms with E-state index in [1.54, 1.807) is 6.21 Å². The zero-order chi connectivity index (χ0) is 15.9. The van der Waals surface area contributed by atoms with Crippen molar-refractivity contribution in [3.05, 3.63) is 53.1 Å². The summed E-state index contributed by atoms with van der Waals surface area (Å²) in [5, 5.41) is 3.76. The Balaban J connectivity index is 2.12. The zero-order valence-electron chi connectivity index (χ0n) is 13.3. The van der Waals surface area contributed by atoms with Gasteiger partial charge in [0.2, 0.25) is 0 Å². The van der Waals surface area contributed by atoms with Crippen molar-refractivity contribution in [2.45, 2.75) is 14.8 Å². The van der Waals surface area contributed by atoms with Crippen LogP contribution in [-0.4, -0.2) is 37.5 Å². The van der Waals surface area contributed by atoms with Crippen LogP contribution in [0, 0.1) is 0 Å². The van der Waals surface area contributed by atoms with Gasteiger partial charge in [0, 0.05) is 0 Å². The molecular weight excluding hydrogens is 381 g/mol. The normalized spacial score (nSPS) is 13.4. The monoisotopic (exact) mass is 401 g/mol. The second-order valence-corrected chi connectivity index (χ2v) is 21.1. The van der Waals surface area contributed by atoms with Crippen LogP contribution in [0.2, 0.25) is 14.8 Å². The Kier molecular flexibility index (Phi) is 3.85. The standard InChI is InChI=1S/C15H10NO2.3CH3.Sn/c1-18-16-9-10-6-7-12-11-4-2-3-5-13(11)15(17)14(12)8-10;;;;/h3-9H,1H3;3*1H3;/b16-9+;;;;. The molecule has 0 radical (unpaired) electrons. The average Bonchev–Trinajstić information content (AvgIpc) is 2.77. The summed E-state index contributed by atoms with van der Waals surface area (Å²) in [5.41, 5.74) is 4.56. The van der Waals surface area contributed by atoms with Gasteiger partial charge in [-0.15, -0.1) is 0 Å². The average molecular weight is 400 g/mol. The third-order valence-corrected chi connectivity index (χ3v) is 9.85. The molecular formula is C18H19NO2Sn. The van der Waals surface area contributed by atoms with E-state index in [4.69, 9.17) is 4.84 Å². The van der Waals surface area contributed by atoms with E-state index in [1.807, 2.05) is 24.3 Å². The molecule has 0 bridgehead atoms. The van der Waals surface area contributed by atoms with E-state index >= 15 is 0 Å². The van der Waals surface area contributed by atoms with E-state index in [0.29, 0.717) is 0 Å². The first kappa shape index (κ1) is 15.3. The van der Waals surface area contributed by atoms with E-state index in [-0.39, 0.29) is 5.78 Å². The molecule has 0 heterocycles. The van der Waals surface area contributed by atoms with Gasteiger partial charge in [-0.1, -0.05) is 0 Å². The van der Waals surface area contributed by atoms with Crippen LogP contribution in [0.4, 0.5) is 0 Å². The Bertz CT molecular complexity index is 788. The SMILES string of the molecule is CO/N=C/c1ccc2c(c1)C(=O)c1cc[c]([Sn]([CH3])([CH3])[CH3])cc1-2. The number of carbonyl (C=O) groups is 1. The number of benzene rings is 2. The van der Waals surface area contributed by atoms with Crippen LogP contribution in [0.25, 0.3) is 11.1 Å². The van der Waals surface area contributed by atoms with E-state index < -0.39 is 18.4 Å². The quantitative estimate of drug-likeness (QED) is 0.384. The molecule has 0 spiro atoms. The summed E-state index contributed by atoms with van der Waals surface area (Å²) in [6.07, 6.45) is 1.62. The molecule has 3 rings (SSSR count). The second kappa shape index (κ2) is 5.54. The number of ketones is 1. The van der Waals surface area contributed by atoms with E-state index in [2.05, 4.69) is 32.1 Å². The number of hydrogen-bond donors (Lipinski definition) is 0. The first-order valence-corrected chi connectivity index (χ1v) is 17.3. The van der Waals surface area contributed by atoms with Crippen molar-refractivity contribution >= 4 is 34.0 Å². The predicted molar refractivity (Wildman–Crippen MR) is 92.9 cm³/mol. The number of oxime groups is 1. The van der Waals surface area contributed by atoms with Gasteiger partial charge < -0.3 is 0 Å². The molecule has 0 aromatic heterocycles. The topological polar surface area (TPSA) is 38.7 Å². The number of hydrogen-bond acceptors (Lipinski definition) is 3. The molecule has 0 saturated carbocycles. The summed E-state index contributed by atoms with van der Waals surface area (Å²) >= 11 is -2.14. The van der Waals surface area contributed by atoms with Crippen LogP contribution in [0.5, 0.6) is 0 Å². The van der Waals surface area contributed by atoms with Crippen LogP contribution in [-0.2, 0) is 4.84 Å². The van der Waals surface area contributed by atoms with Crippen molar-refractivity contribution in [3.63, 3.8) is 0 Å². The van der Waals surface area contributed by atoms with Gasteiger partial charge in [0.25, 0.3) is 0 Å². The fourth-order valence-electron chi connectivity index (χ4n) is 2.76. The summed E-state index contributed by atoms with van der Waals surface area (Å²) in [6, 6.07) is 12.2. The van der Waals surface area contributed by atoms with Crippen molar-refractivity contribution in [2.24, 2.45) is 5.16 Å². The van der Waals surface area contributed by atoms with Crippen molar-refractivity contribution in [3.8, 4) is 11.1 Å². The van der Waals surface area contributed by atoms with Crippen molar-refractivity contribution in [2.75, 3.05) is 7.11 Å². The minimum atomic E-state index is -2.14. The van der Waals surface area contributed by atoms with Crippen molar-refractivity contribution in [1.82, 2.24) is 0 Å². The molecule has 22 heavy (non-hydrogen) atoms. The van der Waals surface area contributed by atoms with Gasteiger partial charge in [0.1, 0.15) is 0 Å². The number of nitrogens with zero attached hydrogens (tertiary/aromatic N) is 1. The van der Waals surface area contributed by atoms with Gasteiger partial charge in [-0.25, -0.2) is 0 Å². The second-order valence-electron chi connectivity index (χ2n) is 6.56. The molecule has 3 nitrogen and oxygen atoms in total. The van der Waals surface area contributed by atoms with Crippen molar-refractivity contribution in [1.29, 1.82) is 0 Å². The Hall–Kier alpha value is -1.62. The number of carbonyl (C=O) groups excluding carboxylic acids is 1. The van der Waals surface area contributed by atoms with Crippen LogP contribution in [0.15, 0.2) is 41.6 Å². The molecule has 112 valence electrons. The Morgan fingerprint density at radius 2 is 1.68 bits per heavy atom. The zero-order valence-corrected chi connectivity index (χ0v) is 16.2. The Morgan fingerprint density at radius 3 is 2.36 bits per heavy atom. The molecule has 2 aromatic carbocycles. The van der Waals surface area contributed by atoms with E-state index in [9.17, 15) is 4.79 Å². The third kappa shape index (κ3) is 2.58. The fourth-order valence-corrected chi connectivity index (χ4v) is 6.07. The molecule has 1 aliphatic rings. The number of fused-ring (bicyclic) bond motifs is 3. The molecule has 0 saturated heterocycles. The molecule has 0 fully saturated rings. The molecule has 0 aliphatic heterocycles. The Morgan fingerprint density at radius 1 is 0.955 bits per heavy atom. The molecule has 0 amide bonds. The molecule has 1 aliphatic carbocycles. The molecule has 4 heteroatoms. The maximum atomic E-state index is 12.6. The van der Waals surface area contributed by atoms with Gasteiger partial charge in [0.05, 0.1) is 0 Å². The minimum absolute atomic E-state index is 0.105. The summed E-state index contributed by atoms with van der Waals surface area (Å²) < 4.78 is 1.44. The maximum absolute atomic E-state index is 12.6. The predicted octanol–water partition coefficient (Wildman–Crippen LogP) is 3.42. The molecule has 0 N–H and O–H groups in total. The van der Waals surface area contributed by atoms with Crippen LogP contribution in [0.3, 0.4) is 0 Å². The fraction of sp³-hybridized carbons (Fsp3) is 0.222. The van der Waals surface area contributed by atoms with Gasteiger partial charge >= 0.3 is 135 Å². The molecule has 0 atom stereocenters. The van der Waals surface area contributed by atoms with Gasteiger partial charge in [-0.2, -0.15) is 0 Å². The van der Waals surface area contributed by atoms with E-state index in [1.165, 1.54) is 10.7 Å². The Labute approximate surface area is 134 Å². The summed E-state index contributed by atoms with van der Waals surface area (Å²) in [7, 11) is 1.50. The number of rotatable bonds is 3. The summed E-state index contributed by atoms with van der Waals surface area (Å²) in [6.45, 7) is 0. The summed E-state index contributed by atoms with van der Waals surface area (Å²) in [5.74, 6) is 0.105. The molecule has 0 unspecified atom stereocenters. The van der Waals surface area contributed by atoms with Gasteiger partial charge in [-0.3, -0.25) is 0 Å². The van der Waals surface area contributed by atoms with Gasteiger partial charge in [-0.05, 0) is 0 Å². The van der Waals surface area contributed by atoms with Gasteiger partial charge in [0.15, 0.2) is 0 Å². The first-order chi connectivity index (χ1) is 10.4. The molecule has 2 aromatic rings. The van der Waals surface area contributed by atoms with Crippen LogP contribution >= 0.6 is 0 Å². The summed E-state index contributed by atoms with van der Waals surface area (Å²) in [4.78, 5) is 24.5. The third-order valence-electron chi connectivity index (χ3n) is 4.02. The first-order valence-electron chi connectivity index (χ1n) is 7.32. The van der Waals surface area contributed by atoms with Crippen LogP contribution in [0.1, 0.15) is 21.5 Å². The van der Waals surface area contributed by atoms with Crippen molar-refractivity contribution < 1.29 is 9.63 Å².